The van der Waals surface area contributed by atoms with Crippen LogP contribution >= 0.6 is 11.6 Å². The smallest absolute Gasteiger partial charge is 0.273 e. The lowest BCUT2D eigenvalue weighted by molar-refractivity contribution is -0.136. The van der Waals surface area contributed by atoms with E-state index in [4.69, 9.17) is 16.3 Å². The summed E-state index contributed by atoms with van der Waals surface area (Å²) in [6.45, 7) is 8.68. The van der Waals surface area contributed by atoms with Gasteiger partial charge in [0.25, 0.3) is 11.8 Å². The fourth-order valence-corrected chi connectivity index (χ4v) is 2.73. The molecule has 4 nitrogen and oxygen atoms in total. The second-order valence-electron chi connectivity index (χ2n) is 6.02. The molecule has 0 unspecified atom stereocenters. The number of imide groups is 1. The predicted octanol–water partition coefficient (Wildman–Crippen LogP) is 3.44. The average molecular weight is 336 g/mol. The highest BCUT2D eigenvalue weighted by Crippen LogP contribution is 2.32. The van der Waals surface area contributed by atoms with E-state index in [-0.39, 0.29) is 17.0 Å². The third-order valence-corrected chi connectivity index (χ3v) is 4.23. The van der Waals surface area contributed by atoms with Crippen LogP contribution in [0.25, 0.3) is 5.57 Å². The molecule has 0 saturated heterocycles. The summed E-state index contributed by atoms with van der Waals surface area (Å²) >= 11 is 6.14. The zero-order chi connectivity index (χ0) is 17.1. The van der Waals surface area contributed by atoms with Gasteiger partial charge in [0.05, 0.1) is 11.7 Å². The van der Waals surface area contributed by atoms with E-state index in [2.05, 4.69) is 0 Å². The van der Waals surface area contributed by atoms with Gasteiger partial charge >= 0.3 is 0 Å². The monoisotopic (exact) mass is 335 g/mol. The second kappa shape index (κ2) is 7.28. The maximum Gasteiger partial charge on any atom is 0.273 e. The molecule has 1 aliphatic rings. The molecule has 2 amide bonds. The third-order valence-electron chi connectivity index (χ3n) is 3.88. The van der Waals surface area contributed by atoms with E-state index in [0.29, 0.717) is 30.7 Å². The number of amides is 2. The zero-order valence-electron chi connectivity index (χ0n) is 14.0. The number of hydrogen-bond acceptors (Lipinski definition) is 3. The van der Waals surface area contributed by atoms with Crippen LogP contribution in [0.1, 0.15) is 37.0 Å². The van der Waals surface area contributed by atoms with Gasteiger partial charge in [-0.3, -0.25) is 14.5 Å². The van der Waals surface area contributed by atoms with Crippen molar-refractivity contribution in [3.05, 3.63) is 39.9 Å². The number of carbonyl (C=O) groups is 2. The first-order chi connectivity index (χ1) is 10.8. The van der Waals surface area contributed by atoms with Crippen molar-refractivity contribution >= 4 is 29.0 Å². The zero-order valence-corrected chi connectivity index (χ0v) is 14.7. The highest BCUT2D eigenvalue weighted by molar-refractivity contribution is 6.55. The van der Waals surface area contributed by atoms with Gasteiger partial charge in [0.15, 0.2) is 0 Å². The van der Waals surface area contributed by atoms with E-state index in [1.807, 2.05) is 45.9 Å². The van der Waals surface area contributed by atoms with Crippen molar-refractivity contribution in [2.75, 3.05) is 13.2 Å². The van der Waals surface area contributed by atoms with E-state index in [9.17, 15) is 9.59 Å². The molecule has 0 aliphatic carbocycles. The normalized spacial score (nSPS) is 15.3. The largest absolute Gasteiger partial charge is 0.379 e. The fraction of sp³-hybridized carbons (Fsp3) is 0.444. The van der Waals surface area contributed by atoms with Crippen molar-refractivity contribution in [3.8, 4) is 0 Å². The average Bonchev–Trinajstić information content (AvgIpc) is 2.69. The summed E-state index contributed by atoms with van der Waals surface area (Å²) in [5.74, 6) is -0.748. The van der Waals surface area contributed by atoms with Crippen LogP contribution in [0.3, 0.4) is 0 Å². The Bertz CT molecular complexity index is 664. The molecular weight excluding hydrogens is 314 g/mol. The standard InChI is InChI=1S/C18H22ClNO3/c1-11(2)23-9-5-8-20-17(21)15(16(19)18(20)22)14-7-6-12(3)13(4)10-14/h6-7,10-11H,5,8-9H2,1-4H3. The minimum atomic E-state index is -0.422. The Morgan fingerprint density at radius 3 is 2.43 bits per heavy atom. The predicted molar refractivity (Wildman–Crippen MR) is 91.1 cm³/mol. The van der Waals surface area contributed by atoms with Crippen molar-refractivity contribution in [1.82, 2.24) is 4.90 Å². The Balaban J connectivity index is 2.14. The van der Waals surface area contributed by atoms with E-state index in [1.54, 1.807) is 0 Å². The van der Waals surface area contributed by atoms with Crippen molar-refractivity contribution < 1.29 is 14.3 Å². The summed E-state index contributed by atoms with van der Waals surface area (Å²) in [7, 11) is 0. The fourth-order valence-electron chi connectivity index (χ4n) is 2.44. The maximum atomic E-state index is 12.6. The lowest BCUT2D eigenvalue weighted by atomic mass is 10.0. The molecule has 5 heteroatoms. The van der Waals surface area contributed by atoms with Crippen LogP contribution in [0, 0.1) is 13.8 Å². The van der Waals surface area contributed by atoms with Gasteiger partial charge in [0.1, 0.15) is 5.03 Å². The van der Waals surface area contributed by atoms with Crippen molar-refractivity contribution in [1.29, 1.82) is 0 Å². The van der Waals surface area contributed by atoms with Gasteiger partial charge < -0.3 is 4.74 Å². The van der Waals surface area contributed by atoms with Crippen molar-refractivity contribution in [2.24, 2.45) is 0 Å². The summed E-state index contributed by atoms with van der Waals surface area (Å²) < 4.78 is 5.44. The SMILES string of the molecule is Cc1ccc(C2=C(Cl)C(=O)N(CCCOC(C)C)C2=O)cc1C. The van der Waals surface area contributed by atoms with Crippen LogP contribution < -0.4 is 0 Å². The van der Waals surface area contributed by atoms with Gasteiger partial charge in [-0.05, 0) is 50.8 Å². The molecule has 1 heterocycles. The van der Waals surface area contributed by atoms with Crippen LogP contribution in [0.5, 0.6) is 0 Å². The van der Waals surface area contributed by atoms with E-state index >= 15 is 0 Å². The molecular formula is C18H22ClNO3. The number of rotatable bonds is 6. The van der Waals surface area contributed by atoms with Gasteiger partial charge in [0, 0.05) is 13.2 Å². The Kier molecular flexibility index (Phi) is 5.60. The van der Waals surface area contributed by atoms with Crippen LogP contribution in [-0.2, 0) is 14.3 Å². The highest BCUT2D eigenvalue weighted by Gasteiger charge is 2.37. The summed E-state index contributed by atoms with van der Waals surface area (Å²) in [6, 6.07) is 5.65. The van der Waals surface area contributed by atoms with Crippen molar-refractivity contribution in [2.45, 2.75) is 40.2 Å². The van der Waals surface area contributed by atoms with Gasteiger partial charge in [-0.1, -0.05) is 29.8 Å². The molecule has 0 bridgehead atoms. The van der Waals surface area contributed by atoms with Gasteiger partial charge in [-0.2, -0.15) is 0 Å². The molecule has 23 heavy (non-hydrogen) atoms. The first kappa shape index (κ1) is 17.7. The van der Waals surface area contributed by atoms with E-state index in [1.165, 1.54) is 4.90 Å². The number of aryl methyl sites for hydroxylation is 2. The molecule has 0 radical (unpaired) electrons. The molecule has 0 N–H and O–H groups in total. The summed E-state index contributed by atoms with van der Waals surface area (Å²) in [4.78, 5) is 26.0. The minimum absolute atomic E-state index is 0.00281. The van der Waals surface area contributed by atoms with Gasteiger partial charge in [0.2, 0.25) is 0 Å². The lowest BCUT2D eigenvalue weighted by Crippen LogP contribution is -2.33. The number of ether oxygens (including phenoxy) is 1. The van der Waals surface area contributed by atoms with E-state index < -0.39 is 5.91 Å². The molecule has 1 aliphatic heterocycles. The van der Waals surface area contributed by atoms with Crippen LogP contribution in [0.4, 0.5) is 0 Å². The van der Waals surface area contributed by atoms with Crippen LogP contribution in [0.2, 0.25) is 0 Å². The molecule has 0 atom stereocenters. The molecule has 0 saturated carbocycles. The van der Waals surface area contributed by atoms with E-state index in [0.717, 1.165) is 11.1 Å². The lowest BCUT2D eigenvalue weighted by Gasteiger charge is -2.15. The Morgan fingerprint density at radius 2 is 1.83 bits per heavy atom. The quantitative estimate of drug-likeness (QED) is 0.591. The Labute approximate surface area is 142 Å². The highest BCUT2D eigenvalue weighted by atomic mass is 35.5. The molecule has 0 spiro atoms. The topological polar surface area (TPSA) is 46.6 Å². The van der Waals surface area contributed by atoms with Crippen LogP contribution in [-0.4, -0.2) is 36.0 Å². The number of halogens is 1. The Morgan fingerprint density at radius 1 is 1.13 bits per heavy atom. The first-order valence-corrected chi connectivity index (χ1v) is 8.16. The number of hydrogen-bond donors (Lipinski definition) is 0. The maximum absolute atomic E-state index is 12.6. The molecule has 124 valence electrons. The van der Waals surface area contributed by atoms with Crippen LogP contribution in [0.15, 0.2) is 23.2 Å². The number of nitrogens with zero attached hydrogens (tertiary/aromatic N) is 1. The molecule has 0 aromatic heterocycles. The Hall–Kier alpha value is -1.65. The van der Waals surface area contributed by atoms with Crippen molar-refractivity contribution in [3.63, 3.8) is 0 Å². The van der Waals surface area contributed by atoms with Gasteiger partial charge in [-0.15, -0.1) is 0 Å². The second-order valence-corrected chi connectivity index (χ2v) is 6.40. The first-order valence-electron chi connectivity index (χ1n) is 7.78. The summed E-state index contributed by atoms with van der Waals surface area (Å²) in [5, 5.41) is 0.00281. The number of benzene rings is 1. The molecule has 0 fully saturated rings. The van der Waals surface area contributed by atoms with Gasteiger partial charge in [-0.25, -0.2) is 0 Å². The summed E-state index contributed by atoms with van der Waals surface area (Å²) in [5.41, 5.74) is 3.18. The third kappa shape index (κ3) is 3.82. The molecule has 2 rings (SSSR count). The number of carbonyl (C=O) groups excluding carboxylic acids is 2. The molecule has 1 aromatic rings. The summed E-state index contributed by atoms with van der Waals surface area (Å²) in [6.07, 6.45) is 0.729. The molecule has 1 aromatic carbocycles. The minimum Gasteiger partial charge on any atom is -0.379 e.